The average Bonchev–Trinajstić information content (AvgIpc) is 3.37. The molecule has 4 nitrogen and oxygen atoms in total. The van der Waals surface area contributed by atoms with Crippen LogP contribution in [0.2, 0.25) is 0 Å². The lowest BCUT2D eigenvalue weighted by molar-refractivity contribution is 0.102. The zero-order valence-electron chi connectivity index (χ0n) is 17.6. The number of carbonyl (C=O) groups excluding carboxylic acids is 1. The molecule has 1 N–H and O–H groups in total. The number of aromatic nitrogens is 1. The summed E-state index contributed by atoms with van der Waals surface area (Å²) in [5, 5.41) is 3.07. The number of carbonyl (C=O) groups is 1. The van der Waals surface area contributed by atoms with Crippen LogP contribution in [0.15, 0.2) is 130 Å². The number of para-hydroxylation sites is 1. The predicted octanol–water partition coefficient (Wildman–Crippen LogP) is 7.41. The maximum absolute atomic E-state index is 13.3. The van der Waals surface area contributed by atoms with Crippen LogP contribution in [0.1, 0.15) is 10.4 Å². The van der Waals surface area contributed by atoms with Gasteiger partial charge in [0.1, 0.15) is 0 Å². The first-order chi connectivity index (χ1) is 16.3. The topological polar surface area (TPSA) is 55.1 Å². The first-order valence-corrected chi connectivity index (χ1v) is 11.3. The van der Waals surface area contributed by atoms with E-state index >= 15 is 0 Å². The molecule has 33 heavy (non-hydrogen) atoms. The Bertz CT molecular complexity index is 1380. The SMILES string of the molecule is O=C(Nc1ccccc1Sc1ccccc1)c1ccccc1-c1ncc(-c2ccccc2)o1. The Hall–Kier alpha value is -4.09. The molecule has 0 aliphatic carbocycles. The van der Waals surface area contributed by atoms with Gasteiger partial charge in [-0.3, -0.25) is 4.79 Å². The Labute approximate surface area is 196 Å². The lowest BCUT2D eigenvalue weighted by atomic mass is 10.1. The molecular formula is C28H20N2O2S. The van der Waals surface area contributed by atoms with Gasteiger partial charge < -0.3 is 9.73 Å². The first kappa shape index (κ1) is 20.8. The third-order valence-corrected chi connectivity index (χ3v) is 6.16. The Kier molecular flexibility index (Phi) is 6.04. The number of rotatable bonds is 6. The van der Waals surface area contributed by atoms with Crippen molar-refractivity contribution in [3.05, 3.63) is 121 Å². The van der Waals surface area contributed by atoms with E-state index in [2.05, 4.69) is 10.3 Å². The van der Waals surface area contributed by atoms with Crippen LogP contribution < -0.4 is 5.32 Å². The zero-order valence-corrected chi connectivity index (χ0v) is 18.5. The number of oxazole rings is 1. The summed E-state index contributed by atoms with van der Waals surface area (Å²) < 4.78 is 6.00. The number of amides is 1. The molecule has 5 aromatic rings. The fraction of sp³-hybridized carbons (Fsp3) is 0. The van der Waals surface area contributed by atoms with E-state index in [-0.39, 0.29) is 5.91 Å². The highest BCUT2D eigenvalue weighted by Crippen LogP contribution is 2.34. The van der Waals surface area contributed by atoms with Crippen molar-refractivity contribution in [3.63, 3.8) is 0 Å². The van der Waals surface area contributed by atoms with Gasteiger partial charge in [-0.15, -0.1) is 0 Å². The summed E-state index contributed by atoms with van der Waals surface area (Å²) in [4.78, 5) is 19.8. The van der Waals surface area contributed by atoms with E-state index in [0.29, 0.717) is 22.8 Å². The molecular weight excluding hydrogens is 428 g/mol. The molecule has 0 unspecified atom stereocenters. The summed E-state index contributed by atoms with van der Waals surface area (Å²) in [6.45, 7) is 0. The largest absolute Gasteiger partial charge is 0.436 e. The van der Waals surface area contributed by atoms with Crippen molar-refractivity contribution in [1.82, 2.24) is 4.98 Å². The molecule has 1 amide bonds. The quantitative estimate of drug-likeness (QED) is 0.294. The van der Waals surface area contributed by atoms with Crippen LogP contribution >= 0.6 is 11.8 Å². The van der Waals surface area contributed by atoms with Crippen LogP contribution in [-0.4, -0.2) is 10.9 Å². The Morgan fingerprint density at radius 3 is 2.24 bits per heavy atom. The molecule has 1 aromatic heterocycles. The Morgan fingerprint density at radius 1 is 0.758 bits per heavy atom. The van der Waals surface area contributed by atoms with Gasteiger partial charge in [0, 0.05) is 20.9 Å². The smallest absolute Gasteiger partial charge is 0.256 e. The standard InChI is InChI=1S/C28H20N2O2S/c31-27(30-24-17-9-10-18-26(24)33-21-13-5-2-6-14-21)22-15-7-8-16-23(22)28-29-19-25(32-28)20-11-3-1-4-12-20/h1-19H,(H,30,31). The van der Waals surface area contributed by atoms with Gasteiger partial charge in [-0.25, -0.2) is 4.98 Å². The van der Waals surface area contributed by atoms with Crippen molar-refractivity contribution in [2.45, 2.75) is 9.79 Å². The highest BCUT2D eigenvalue weighted by atomic mass is 32.2. The minimum absolute atomic E-state index is 0.217. The molecule has 4 aromatic carbocycles. The zero-order chi connectivity index (χ0) is 22.5. The molecule has 0 bridgehead atoms. The summed E-state index contributed by atoms with van der Waals surface area (Å²) >= 11 is 1.61. The van der Waals surface area contributed by atoms with Crippen LogP contribution in [0.3, 0.4) is 0 Å². The minimum atomic E-state index is -0.217. The van der Waals surface area contributed by atoms with Crippen LogP contribution in [0.4, 0.5) is 5.69 Å². The molecule has 0 radical (unpaired) electrons. The van der Waals surface area contributed by atoms with E-state index in [9.17, 15) is 4.79 Å². The van der Waals surface area contributed by atoms with Gasteiger partial charge in [-0.05, 0) is 36.4 Å². The van der Waals surface area contributed by atoms with Gasteiger partial charge in [-0.2, -0.15) is 0 Å². The Balaban J connectivity index is 1.42. The molecule has 1 heterocycles. The van der Waals surface area contributed by atoms with E-state index in [0.717, 1.165) is 21.0 Å². The summed E-state index contributed by atoms with van der Waals surface area (Å²) in [6, 6.07) is 35.0. The van der Waals surface area contributed by atoms with Crippen molar-refractivity contribution < 1.29 is 9.21 Å². The number of hydrogen-bond donors (Lipinski definition) is 1. The van der Waals surface area contributed by atoms with Crippen LogP contribution in [0.25, 0.3) is 22.8 Å². The van der Waals surface area contributed by atoms with Gasteiger partial charge in [0.15, 0.2) is 5.76 Å². The van der Waals surface area contributed by atoms with Crippen molar-refractivity contribution >= 4 is 23.4 Å². The van der Waals surface area contributed by atoms with Crippen molar-refractivity contribution in [1.29, 1.82) is 0 Å². The van der Waals surface area contributed by atoms with Crippen LogP contribution in [0, 0.1) is 0 Å². The molecule has 0 fully saturated rings. The van der Waals surface area contributed by atoms with Crippen molar-refractivity contribution in [2.24, 2.45) is 0 Å². The van der Waals surface area contributed by atoms with Gasteiger partial charge in [-0.1, -0.05) is 84.6 Å². The molecule has 0 spiro atoms. The highest BCUT2D eigenvalue weighted by Gasteiger charge is 2.18. The molecule has 0 aliphatic rings. The van der Waals surface area contributed by atoms with E-state index in [4.69, 9.17) is 4.42 Å². The summed E-state index contributed by atoms with van der Waals surface area (Å²) in [7, 11) is 0. The monoisotopic (exact) mass is 448 g/mol. The number of anilines is 1. The second-order valence-electron chi connectivity index (χ2n) is 7.31. The second kappa shape index (κ2) is 9.59. The number of nitrogens with zero attached hydrogens (tertiary/aromatic N) is 1. The first-order valence-electron chi connectivity index (χ1n) is 10.5. The minimum Gasteiger partial charge on any atom is -0.436 e. The molecule has 0 saturated heterocycles. The fourth-order valence-corrected chi connectivity index (χ4v) is 4.39. The molecule has 0 saturated carbocycles. The van der Waals surface area contributed by atoms with Crippen molar-refractivity contribution in [2.75, 3.05) is 5.32 Å². The van der Waals surface area contributed by atoms with Gasteiger partial charge >= 0.3 is 0 Å². The third kappa shape index (κ3) is 4.73. The number of nitrogens with one attached hydrogen (secondary N) is 1. The molecule has 0 atom stereocenters. The lowest BCUT2D eigenvalue weighted by Gasteiger charge is -2.12. The maximum Gasteiger partial charge on any atom is 0.256 e. The molecule has 5 heteroatoms. The lowest BCUT2D eigenvalue weighted by Crippen LogP contribution is -2.13. The second-order valence-corrected chi connectivity index (χ2v) is 8.42. The van der Waals surface area contributed by atoms with Gasteiger partial charge in [0.05, 0.1) is 17.4 Å². The average molecular weight is 449 g/mol. The third-order valence-electron chi connectivity index (χ3n) is 5.07. The van der Waals surface area contributed by atoms with E-state index in [1.807, 2.05) is 103 Å². The number of benzene rings is 4. The van der Waals surface area contributed by atoms with Crippen molar-refractivity contribution in [3.8, 4) is 22.8 Å². The normalized spacial score (nSPS) is 10.7. The van der Waals surface area contributed by atoms with E-state index in [1.54, 1.807) is 24.0 Å². The van der Waals surface area contributed by atoms with E-state index in [1.165, 1.54) is 0 Å². The van der Waals surface area contributed by atoms with Crippen LogP contribution in [0.5, 0.6) is 0 Å². The van der Waals surface area contributed by atoms with E-state index < -0.39 is 0 Å². The number of hydrogen-bond acceptors (Lipinski definition) is 4. The molecule has 0 aliphatic heterocycles. The Morgan fingerprint density at radius 2 is 1.42 bits per heavy atom. The van der Waals surface area contributed by atoms with Gasteiger partial charge in [0.25, 0.3) is 5.91 Å². The summed E-state index contributed by atoms with van der Waals surface area (Å²) in [5.41, 5.74) is 2.83. The summed E-state index contributed by atoms with van der Waals surface area (Å²) in [5.74, 6) is 0.850. The van der Waals surface area contributed by atoms with Crippen LogP contribution in [-0.2, 0) is 0 Å². The van der Waals surface area contributed by atoms with Gasteiger partial charge in [0.2, 0.25) is 5.89 Å². The highest BCUT2D eigenvalue weighted by molar-refractivity contribution is 7.99. The summed E-state index contributed by atoms with van der Waals surface area (Å²) in [6.07, 6.45) is 1.69. The molecule has 5 rings (SSSR count). The maximum atomic E-state index is 13.3. The predicted molar refractivity (Wildman–Crippen MR) is 132 cm³/mol. The molecule has 160 valence electrons. The fourth-order valence-electron chi connectivity index (χ4n) is 3.47.